The van der Waals surface area contributed by atoms with Crippen LogP contribution in [0.2, 0.25) is 5.02 Å². The van der Waals surface area contributed by atoms with E-state index in [1.54, 1.807) is 30.3 Å². The second-order valence-corrected chi connectivity index (χ2v) is 5.98. The van der Waals surface area contributed by atoms with Crippen molar-refractivity contribution in [2.24, 2.45) is 0 Å². The zero-order chi connectivity index (χ0) is 16.4. The standard InChI is InChI=1S/C14H9ClN4O3S/c15-8-1-3-9(4-2-8)16-13(20)18-14-17-11-7-10(19(21)22)5-6-12(11)23-14/h1-7H,(H2,16,17,18,20). The van der Waals surface area contributed by atoms with Gasteiger partial charge in [0.25, 0.3) is 5.69 Å². The molecule has 0 unspecified atom stereocenters. The van der Waals surface area contributed by atoms with E-state index in [-0.39, 0.29) is 5.69 Å². The number of carbonyl (C=O) groups excluding carboxylic acids is 1. The van der Waals surface area contributed by atoms with Crippen LogP contribution in [0.3, 0.4) is 0 Å². The summed E-state index contributed by atoms with van der Waals surface area (Å²) in [6.07, 6.45) is 0. The lowest BCUT2D eigenvalue weighted by molar-refractivity contribution is -0.384. The molecule has 0 spiro atoms. The second kappa shape index (κ2) is 6.19. The number of anilines is 2. The number of non-ortho nitro benzene ring substituents is 1. The number of carbonyl (C=O) groups is 1. The summed E-state index contributed by atoms with van der Waals surface area (Å²) in [6.45, 7) is 0. The smallest absolute Gasteiger partial charge is 0.308 e. The monoisotopic (exact) mass is 348 g/mol. The van der Waals surface area contributed by atoms with E-state index in [1.165, 1.54) is 23.5 Å². The molecular formula is C14H9ClN4O3S. The minimum absolute atomic E-state index is 0.0417. The van der Waals surface area contributed by atoms with E-state index in [4.69, 9.17) is 11.6 Å². The van der Waals surface area contributed by atoms with Gasteiger partial charge in [-0.2, -0.15) is 0 Å². The third-order valence-electron chi connectivity index (χ3n) is 2.90. The van der Waals surface area contributed by atoms with Crippen LogP contribution >= 0.6 is 22.9 Å². The third-order valence-corrected chi connectivity index (χ3v) is 4.11. The lowest BCUT2D eigenvalue weighted by atomic mass is 10.3. The number of urea groups is 1. The van der Waals surface area contributed by atoms with Gasteiger partial charge < -0.3 is 5.32 Å². The molecule has 0 saturated carbocycles. The average molecular weight is 349 g/mol. The molecule has 23 heavy (non-hydrogen) atoms. The molecule has 0 radical (unpaired) electrons. The molecule has 0 atom stereocenters. The SMILES string of the molecule is O=C(Nc1ccc(Cl)cc1)Nc1nc2cc([N+](=O)[O-])ccc2s1. The maximum absolute atomic E-state index is 11.9. The zero-order valence-corrected chi connectivity index (χ0v) is 13.0. The van der Waals surface area contributed by atoms with Crippen molar-refractivity contribution in [2.45, 2.75) is 0 Å². The van der Waals surface area contributed by atoms with Gasteiger partial charge in [-0.05, 0) is 30.3 Å². The summed E-state index contributed by atoms with van der Waals surface area (Å²) in [5.74, 6) is 0. The number of halogens is 1. The lowest BCUT2D eigenvalue weighted by Crippen LogP contribution is -2.19. The Balaban J connectivity index is 1.74. The summed E-state index contributed by atoms with van der Waals surface area (Å²) in [6, 6.07) is 10.6. The van der Waals surface area contributed by atoms with Gasteiger partial charge in [0.1, 0.15) is 0 Å². The number of thiazole rings is 1. The van der Waals surface area contributed by atoms with Crippen molar-refractivity contribution in [3.05, 3.63) is 57.6 Å². The highest BCUT2D eigenvalue weighted by molar-refractivity contribution is 7.22. The summed E-state index contributed by atoms with van der Waals surface area (Å²) < 4.78 is 0.748. The van der Waals surface area contributed by atoms with E-state index in [0.717, 1.165) is 4.70 Å². The lowest BCUT2D eigenvalue weighted by Gasteiger charge is -2.04. The van der Waals surface area contributed by atoms with Crippen LogP contribution < -0.4 is 10.6 Å². The minimum atomic E-state index is -0.487. The molecule has 0 fully saturated rings. The first-order valence-corrected chi connectivity index (χ1v) is 7.59. The minimum Gasteiger partial charge on any atom is -0.308 e. The van der Waals surface area contributed by atoms with Gasteiger partial charge in [0.2, 0.25) is 0 Å². The van der Waals surface area contributed by atoms with Crippen LogP contribution in [-0.4, -0.2) is 15.9 Å². The molecule has 0 aliphatic rings. The van der Waals surface area contributed by atoms with E-state index < -0.39 is 11.0 Å². The molecular weight excluding hydrogens is 340 g/mol. The molecule has 3 rings (SSSR count). The Morgan fingerprint density at radius 3 is 2.61 bits per heavy atom. The molecule has 0 aliphatic carbocycles. The molecule has 116 valence electrons. The van der Waals surface area contributed by atoms with E-state index in [1.807, 2.05) is 0 Å². The third kappa shape index (κ3) is 3.55. The fourth-order valence-electron chi connectivity index (χ4n) is 1.88. The number of nitrogens with zero attached hydrogens (tertiary/aromatic N) is 2. The van der Waals surface area contributed by atoms with Crippen molar-refractivity contribution >= 4 is 55.7 Å². The van der Waals surface area contributed by atoms with Crippen LogP contribution in [0.5, 0.6) is 0 Å². The van der Waals surface area contributed by atoms with Gasteiger partial charge in [-0.15, -0.1) is 0 Å². The predicted octanol–water partition coefficient (Wildman–Crippen LogP) is 4.50. The Morgan fingerprint density at radius 2 is 1.91 bits per heavy atom. The van der Waals surface area contributed by atoms with Crippen LogP contribution in [0.1, 0.15) is 0 Å². The summed E-state index contributed by atoms with van der Waals surface area (Å²) in [5, 5.41) is 16.9. The fraction of sp³-hybridized carbons (Fsp3) is 0. The molecule has 2 N–H and O–H groups in total. The molecule has 2 aromatic carbocycles. The normalized spacial score (nSPS) is 10.5. The maximum atomic E-state index is 11.9. The number of amides is 2. The van der Waals surface area contributed by atoms with Crippen molar-refractivity contribution in [3.8, 4) is 0 Å². The van der Waals surface area contributed by atoms with Crippen LogP contribution in [0, 0.1) is 10.1 Å². The molecule has 9 heteroatoms. The summed E-state index contributed by atoms with van der Waals surface area (Å²) in [7, 11) is 0. The maximum Gasteiger partial charge on any atom is 0.325 e. The van der Waals surface area contributed by atoms with Crippen molar-refractivity contribution < 1.29 is 9.72 Å². The highest BCUT2D eigenvalue weighted by Gasteiger charge is 2.12. The number of benzene rings is 2. The van der Waals surface area contributed by atoms with Crippen molar-refractivity contribution in [1.82, 2.24) is 4.98 Å². The first kappa shape index (κ1) is 15.2. The van der Waals surface area contributed by atoms with Crippen LogP contribution in [0.4, 0.5) is 21.3 Å². The average Bonchev–Trinajstić information content (AvgIpc) is 2.90. The first-order chi connectivity index (χ1) is 11.0. The van der Waals surface area contributed by atoms with Gasteiger partial charge in [0, 0.05) is 22.8 Å². The molecule has 0 saturated heterocycles. The molecule has 3 aromatic rings. The summed E-state index contributed by atoms with van der Waals surface area (Å²) in [5.41, 5.74) is 1.01. The number of nitro groups is 1. The van der Waals surface area contributed by atoms with Gasteiger partial charge in [-0.1, -0.05) is 22.9 Å². The molecule has 7 nitrogen and oxygen atoms in total. The number of fused-ring (bicyclic) bond motifs is 1. The Hall–Kier alpha value is -2.71. The van der Waals surface area contributed by atoms with Gasteiger partial charge in [0.15, 0.2) is 5.13 Å². The number of nitrogens with one attached hydrogen (secondary N) is 2. The molecule has 1 aromatic heterocycles. The molecule has 0 aliphatic heterocycles. The number of hydrogen-bond donors (Lipinski definition) is 2. The van der Waals surface area contributed by atoms with Crippen LogP contribution in [0.15, 0.2) is 42.5 Å². The topological polar surface area (TPSA) is 97.2 Å². The van der Waals surface area contributed by atoms with E-state index in [9.17, 15) is 14.9 Å². The van der Waals surface area contributed by atoms with E-state index >= 15 is 0 Å². The Kier molecular flexibility index (Phi) is 4.09. The first-order valence-electron chi connectivity index (χ1n) is 6.40. The Labute approximate surface area is 139 Å². The molecule has 2 amide bonds. The van der Waals surface area contributed by atoms with Crippen LogP contribution in [-0.2, 0) is 0 Å². The van der Waals surface area contributed by atoms with Crippen molar-refractivity contribution in [2.75, 3.05) is 10.6 Å². The summed E-state index contributed by atoms with van der Waals surface area (Å²) >= 11 is 7.01. The number of hydrogen-bond acceptors (Lipinski definition) is 5. The van der Waals surface area contributed by atoms with Crippen LogP contribution in [0.25, 0.3) is 10.2 Å². The van der Waals surface area contributed by atoms with E-state index in [2.05, 4.69) is 15.6 Å². The number of rotatable bonds is 3. The second-order valence-electron chi connectivity index (χ2n) is 4.51. The van der Waals surface area contributed by atoms with Gasteiger partial charge in [0.05, 0.1) is 15.1 Å². The zero-order valence-electron chi connectivity index (χ0n) is 11.4. The van der Waals surface area contributed by atoms with E-state index in [0.29, 0.717) is 21.4 Å². The Bertz CT molecular complexity index is 895. The number of nitro benzene ring substituents is 1. The van der Waals surface area contributed by atoms with Gasteiger partial charge in [-0.25, -0.2) is 9.78 Å². The van der Waals surface area contributed by atoms with Crippen molar-refractivity contribution in [1.29, 1.82) is 0 Å². The highest BCUT2D eigenvalue weighted by Crippen LogP contribution is 2.28. The predicted molar refractivity (Wildman–Crippen MR) is 90.4 cm³/mol. The Morgan fingerprint density at radius 1 is 1.17 bits per heavy atom. The van der Waals surface area contributed by atoms with Gasteiger partial charge in [-0.3, -0.25) is 15.4 Å². The largest absolute Gasteiger partial charge is 0.325 e. The number of aromatic nitrogens is 1. The van der Waals surface area contributed by atoms with Gasteiger partial charge >= 0.3 is 6.03 Å². The van der Waals surface area contributed by atoms with Crippen molar-refractivity contribution in [3.63, 3.8) is 0 Å². The fourth-order valence-corrected chi connectivity index (χ4v) is 2.84. The molecule has 1 heterocycles. The summed E-state index contributed by atoms with van der Waals surface area (Å²) in [4.78, 5) is 26.4. The molecule has 0 bridgehead atoms. The quantitative estimate of drug-likeness (QED) is 0.537. The highest BCUT2D eigenvalue weighted by atomic mass is 35.5.